The Kier molecular flexibility index (Phi) is 2.89. The second-order valence-electron chi connectivity index (χ2n) is 5.24. The SMILES string of the molecule is Cc1ccc(-c2ccc(F)cc2)n1-c1ccc2c(c1)OCO2. The number of aromatic nitrogens is 1. The van der Waals surface area contributed by atoms with Gasteiger partial charge in [-0.25, -0.2) is 4.39 Å². The minimum Gasteiger partial charge on any atom is -0.454 e. The smallest absolute Gasteiger partial charge is 0.231 e. The average molecular weight is 295 g/mol. The van der Waals surface area contributed by atoms with Crippen LogP contribution in [0.2, 0.25) is 0 Å². The molecule has 0 amide bonds. The molecule has 0 spiro atoms. The fourth-order valence-corrected chi connectivity index (χ4v) is 2.75. The molecule has 4 rings (SSSR count). The third-order valence-corrected chi connectivity index (χ3v) is 3.83. The minimum absolute atomic E-state index is 0.235. The van der Waals surface area contributed by atoms with E-state index in [1.165, 1.54) is 12.1 Å². The molecular weight excluding hydrogens is 281 g/mol. The van der Waals surface area contributed by atoms with Crippen molar-refractivity contribution in [1.82, 2.24) is 4.57 Å². The van der Waals surface area contributed by atoms with E-state index in [2.05, 4.69) is 4.57 Å². The summed E-state index contributed by atoms with van der Waals surface area (Å²) in [6, 6.07) is 16.5. The van der Waals surface area contributed by atoms with E-state index in [9.17, 15) is 4.39 Å². The summed E-state index contributed by atoms with van der Waals surface area (Å²) in [5.41, 5.74) is 4.06. The van der Waals surface area contributed by atoms with Gasteiger partial charge in [-0.15, -0.1) is 0 Å². The molecule has 2 aromatic carbocycles. The molecule has 0 unspecified atom stereocenters. The number of benzene rings is 2. The molecule has 2 heterocycles. The molecule has 1 aliphatic rings. The minimum atomic E-state index is -0.235. The van der Waals surface area contributed by atoms with Gasteiger partial charge in [-0.1, -0.05) is 0 Å². The van der Waals surface area contributed by atoms with Crippen LogP contribution < -0.4 is 9.47 Å². The van der Waals surface area contributed by atoms with Gasteiger partial charge < -0.3 is 14.0 Å². The number of aryl methyl sites for hydroxylation is 1. The number of ether oxygens (including phenoxy) is 2. The summed E-state index contributed by atoms with van der Waals surface area (Å²) in [6.07, 6.45) is 0. The van der Waals surface area contributed by atoms with Crippen molar-refractivity contribution in [3.8, 4) is 28.4 Å². The number of hydrogen-bond acceptors (Lipinski definition) is 2. The lowest BCUT2D eigenvalue weighted by Gasteiger charge is -2.13. The lowest BCUT2D eigenvalue weighted by atomic mass is 10.1. The van der Waals surface area contributed by atoms with Gasteiger partial charge in [0.1, 0.15) is 5.82 Å². The standard InChI is InChI=1S/C18H14FNO2/c1-12-2-8-16(13-3-5-14(19)6-4-13)20(12)15-7-9-17-18(10-15)22-11-21-17/h2-10H,11H2,1H3. The van der Waals surface area contributed by atoms with Crippen LogP contribution >= 0.6 is 0 Å². The summed E-state index contributed by atoms with van der Waals surface area (Å²) in [4.78, 5) is 0. The van der Waals surface area contributed by atoms with Crippen molar-refractivity contribution in [3.05, 3.63) is 66.1 Å². The maximum Gasteiger partial charge on any atom is 0.231 e. The highest BCUT2D eigenvalue weighted by atomic mass is 19.1. The van der Waals surface area contributed by atoms with E-state index in [1.807, 2.05) is 37.3 Å². The molecule has 4 heteroatoms. The summed E-state index contributed by atoms with van der Waals surface area (Å²) in [5.74, 6) is 1.27. The maximum absolute atomic E-state index is 13.1. The van der Waals surface area contributed by atoms with E-state index in [-0.39, 0.29) is 12.6 Å². The van der Waals surface area contributed by atoms with Gasteiger partial charge in [0.25, 0.3) is 0 Å². The number of hydrogen-bond donors (Lipinski definition) is 0. The molecule has 110 valence electrons. The van der Waals surface area contributed by atoms with Crippen LogP contribution in [0.4, 0.5) is 4.39 Å². The first-order chi connectivity index (χ1) is 10.7. The predicted molar refractivity (Wildman–Crippen MR) is 82.0 cm³/mol. The second kappa shape index (κ2) is 4.91. The van der Waals surface area contributed by atoms with Gasteiger partial charge in [-0.05, 0) is 61.0 Å². The fraction of sp³-hybridized carbons (Fsp3) is 0.111. The third-order valence-electron chi connectivity index (χ3n) is 3.83. The van der Waals surface area contributed by atoms with Crippen molar-refractivity contribution in [1.29, 1.82) is 0 Å². The first kappa shape index (κ1) is 13.0. The van der Waals surface area contributed by atoms with Crippen LogP contribution in [0.25, 0.3) is 16.9 Å². The van der Waals surface area contributed by atoms with Gasteiger partial charge in [0.15, 0.2) is 11.5 Å². The quantitative estimate of drug-likeness (QED) is 0.703. The van der Waals surface area contributed by atoms with Gasteiger partial charge in [-0.3, -0.25) is 0 Å². The highest BCUT2D eigenvalue weighted by Crippen LogP contribution is 2.35. The Morgan fingerprint density at radius 1 is 0.909 bits per heavy atom. The molecule has 3 aromatic rings. The van der Waals surface area contributed by atoms with Crippen molar-refractivity contribution in [2.24, 2.45) is 0 Å². The van der Waals surface area contributed by atoms with Gasteiger partial charge in [0.05, 0.1) is 5.69 Å². The Bertz CT molecular complexity index is 837. The van der Waals surface area contributed by atoms with Crippen molar-refractivity contribution >= 4 is 0 Å². The zero-order valence-corrected chi connectivity index (χ0v) is 12.0. The number of fused-ring (bicyclic) bond motifs is 1. The van der Waals surface area contributed by atoms with E-state index in [1.54, 1.807) is 12.1 Å². The Labute approximate surface area is 127 Å². The van der Waals surface area contributed by atoms with E-state index in [0.717, 1.165) is 34.1 Å². The van der Waals surface area contributed by atoms with E-state index >= 15 is 0 Å². The summed E-state index contributed by atoms with van der Waals surface area (Å²) < 4.78 is 26.1. The molecular formula is C18H14FNO2. The first-order valence-electron chi connectivity index (χ1n) is 7.07. The van der Waals surface area contributed by atoms with Gasteiger partial charge in [0.2, 0.25) is 6.79 Å². The van der Waals surface area contributed by atoms with Crippen LogP contribution in [-0.4, -0.2) is 11.4 Å². The van der Waals surface area contributed by atoms with Crippen LogP contribution in [0, 0.1) is 12.7 Å². The van der Waals surface area contributed by atoms with Crippen LogP contribution in [0.1, 0.15) is 5.69 Å². The molecule has 0 aliphatic carbocycles. The van der Waals surface area contributed by atoms with Crippen LogP contribution in [0.5, 0.6) is 11.5 Å². The Balaban J connectivity index is 1.85. The lowest BCUT2D eigenvalue weighted by Crippen LogP contribution is -1.99. The largest absolute Gasteiger partial charge is 0.454 e. The van der Waals surface area contributed by atoms with Gasteiger partial charge in [-0.2, -0.15) is 0 Å². The maximum atomic E-state index is 13.1. The Morgan fingerprint density at radius 2 is 1.68 bits per heavy atom. The van der Waals surface area contributed by atoms with E-state index < -0.39 is 0 Å². The van der Waals surface area contributed by atoms with E-state index in [4.69, 9.17) is 9.47 Å². The summed E-state index contributed by atoms with van der Waals surface area (Å²) in [5, 5.41) is 0. The number of nitrogens with zero attached hydrogens (tertiary/aromatic N) is 1. The van der Waals surface area contributed by atoms with Gasteiger partial charge >= 0.3 is 0 Å². The summed E-state index contributed by atoms with van der Waals surface area (Å²) >= 11 is 0. The Hall–Kier alpha value is -2.75. The van der Waals surface area contributed by atoms with Gasteiger partial charge in [0, 0.05) is 17.4 Å². The molecule has 0 fully saturated rings. The van der Waals surface area contributed by atoms with Crippen molar-refractivity contribution in [3.63, 3.8) is 0 Å². The van der Waals surface area contributed by atoms with Crippen LogP contribution in [0.15, 0.2) is 54.6 Å². The highest BCUT2D eigenvalue weighted by Gasteiger charge is 2.16. The molecule has 3 nitrogen and oxygen atoms in total. The zero-order chi connectivity index (χ0) is 15.1. The molecule has 1 aromatic heterocycles. The number of halogens is 1. The lowest BCUT2D eigenvalue weighted by molar-refractivity contribution is 0.174. The van der Waals surface area contributed by atoms with Crippen molar-refractivity contribution in [2.45, 2.75) is 6.92 Å². The predicted octanol–water partition coefficient (Wildman–Crippen LogP) is 4.32. The molecule has 0 N–H and O–H groups in total. The third kappa shape index (κ3) is 2.04. The molecule has 0 bridgehead atoms. The highest BCUT2D eigenvalue weighted by molar-refractivity contribution is 5.65. The van der Waals surface area contributed by atoms with Crippen molar-refractivity contribution in [2.75, 3.05) is 6.79 Å². The topological polar surface area (TPSA) is 23.4 Å². The van der Waals surface area contributed by atoms with Crippen LogP contribution in [0.3, 0.4) is 0 Å². The molecule has 0 atom stereocenters. The first-order valence-corrected chi connectivity index (χ1v) is 7.07. The van der Waals surface area contributed by atoms with Crippen LogP contribution in [-0.2, 0) is 0 Å². The fourth-order valence-electron chi connectivity index (χ4n) is 2.75. The molecule has 1 aliphatic heterocycles. The summed E-state index contributed by atoms with van der Waals surface area (Å²) in [6.45, 7) is 2.30. The normalized spacial score (nSPS) is 12.6. The zero-order valence-electron chi connectivity index (χ0n) is 12.0. The summed E-state index contributed by atoms with van der Waals surface area (Å²) in [7, 11) is 0. The molecule has 22 heavy (non-hydrogen) atoms. The monoisotopic (exact) mass is 295 g/mol. The van der Waals surface area contributed by atoms with Crippen molar-refractivity contribution < 1.29 is 13.9 Å². The molecule has 0 radical (unpaired) electrons. The number of rotatable bonds is 2. The van der Waals surface area contributed by atoms with E-state index in [0.29, 0.717) is 0 Å². The average Bonchev–Trinajstić information content (AvgIpc) is 3.13. The molecule has 0 saturated carbocycles. The molecule has 0 saturated heterocycles. The Morgan fingerprint density at radius 3 is 2.50 bits per heavy atom. The second-order valence-corrected chi connectivity index (χ2v) is 5.24.